The molecule has 30 heavy (non-hydrogen) atoms. The highest BCUT2D eigenvalue weighted by atomic mass is 79.9. The van der Waals surface area contributed by atoms with Crippen LogP contribution in [-0.4, -0.2) is 31.4 Å². The topological polar surface area (TPSA) is 72.7 Å². The Morgan fingerprint density at radius 2 is 1.70 bits per heavy atom. The summed E-state index contributed by atoms with van der Waals surface area (Å²) in [5.74, 6) is 0.767. The summed E-state index contributed by atoms with van der Waals surface area (Å²) in [4.78, 5) is 16.6. The minimum absolute atomic E-state index is 0.122. The van der Waals surface area contributed by atoms with Crippen LogP contribution in [0.5, 0.6) is 0 Å². The zero-order valence-electron chi connectivity index (χ0n) is 15.5. The van der Waals surface area contributed by atoms with Gasteiger partial charge in [-0.05, 0) is 64.5 Å². The van der Waals surface area contributed by atoms with Crippen molar-refractivity contribution in [2.24, 2.45) is 0 Å². The number of hydrogen-bond donors (Lipinski definition) is 1. The van der Waals surface area contributed by atoms with Crippen LogP contribution in [0.25, 0.3) is 17.1 Å². The van der Waals surface area contributed by atoms with E-state index in [9.17, 15) is 4.79 Å². The summed E-state index contributed by atoms with van der Waals surface area (Å²) in [6, 6.07) is 19.1. The molecule has 0 saturated carbocycles. The fourth-order valence-corrected chi connectivity index (χ4v) is 4.15. The normalized spacial score (nSPS) is 10.7. The van der Waals surface area contributed by atoms with Crippen LogP contribution in [0.15, 0.2) is 87.2 Å². The Morgan fingerprint density at radius 1 is 0.967 bits per heavy atom. The van der Waals surface area contributed by atoms with Crippen molar-refractivity contribution in [3.63, 3.8) is 0 Å². The van der Waals surface area contributed by atoms with Gasteiger partial charge in [0, 0.05) is 32.6 Å². The largest absolute Gasteiger partial charge is 0.324 e. The molecule has 1 amide bonds. The smallest absolute Gasteiger partial charge is 0.234 e. The van der Waals surface area contributed by atoms with Crippen molar-refractivity contribution < 1.29 is 4.79 Å². The third-order valence-corrected chi connectivity index (χ3v) is 6.29. The number of benzene rings is 2. The highest BCUT2D eigenvalue weighted by molar-refractivity contribution is 9.10. The number of halogens is 2. The summed E-state index contributed by atoms with van der Waals surface area (Å²) in [5.41, 5.74) is 2.53. The second kappa shape index (κ2) is 9.55. The Labute approximate surface area is 194 Å². The number of hydrogen-bond acceptors (Lipinski definition) is 5. The van der Waals surface area contributed by atoms with Crippen LogP contribution >= 0.6 is 43.6 Å². The maximum Gasteiger partial charge on any atom is 0.234 e. The number of thioether (sulfide) groups is 1. The van der Waals surface area contributed by atoms with E-state index in [4.69, 9.17) is 0 Å². The summed E-state index contributed by atoms with van der Waals surface area (Å²) < 4.78 is 3.76. The lowest BCUT2D eigenvalue weighted by Gasteiger charge is -2.11. The third kappa shape index (κ3) is 4.80. The molecule has 0 aliphatic rings. The predicted molar refractivity (Wildman–Crippen MR) is 126 cm³/mol. The third-order valence-electron chi connectivity index (χ3n) is 4.14. The van der Waals surface area contributed by atoms with E-state index >= 15 is 0 Å². The average Bonchev–Trinajstić information content (AvgIpc) is 3.19. The molecule has 4 rings (SSSR count). The summed E-state index contributed by atoms with van der Waals surface area (Å²) in [5, 5.41) is 12.3. The van der Waals surface area contributed by atoms with E-state index < -0.39 is 0 Å². The van der Waals surface area contributed by atoms with Crippen LogP contribution in [0.3, 0.4) is 0 Å². The number of nitrogens with one attached hydrogen (secondary N) is 1. The fourth-order valence-electron chi connectivity index (χ4n) is 2.75. The highest BCUT2D eigenvalue weighted by Gasteiger charge is 2.17. The van der Waals surface area contributed by atoms with Crippen LogP contribution in [0.4, 0.5) is 5.69 Å². The van der Waals surface area contributed by atoms with E-state index in [2.05, 4.69) is 52.4 Å². The number of rotatable bonds is 6. The van der Waals surface area contributed by atoms with Gasteiger partial charge in [0.05, 0.1) is 11.4 Å². The predicted octanol–water partition coefficient (Wildman–Crippen LogP) is 5.59. The van der Waals surface area contributed by atoms with Crippen LogP contribution in [-0.2, 0) is 4.79 Å². The van der Waals surface area contributed by atoms with Gasteiger partial charge in [-0.25, -0.2) is 0 Å². The van der Waals surface area contributed by atoms with Gasteiger partial charge in [-0.15, -0.1) is 10.2 Å². The molecule has 2 aromatic carbocycles. The van der Waals surface area contributed by atoms with Gasteiger partial charge in [0.1, 0.15) is 0 Å². The van der Waals surface area contributed by atoms with Gasteiger partial charge < -0.3 is 5.32 Å². The van der Waals surface area contributed by atoms with E-state index in [1.807, 2.05) is 65.2 Å². The molecule has 4 aromatic rings. The molecular weight excluding hydrogens is 530 g/mol. The van der Waals surface area contributed by atoms with E-state index in [0.29, 0.717) is 11.0 Å². The second-order valence-electron chi connectivity index (χ2n) is 6.17. The first-order chi connectivity index (χ1) is 14.6. The van der Waals surface area contributed by atoms with Crippen LogP contribution in [0.1, 0.15) is 0 Å². The lowest BCUT2D eigenvalue weighted by atomic mass is 10.2. The van der Waals surface area contributed by atoms with E-state index in [1.54, 1.807) is 12.4 Å². The van der Waals surface area contributed by atoms with E-state index in [0.717, 1.165) is 25.9 Å². The molecule has 0 fully saturated rings. The fraction of sp³-hybridized carbons (Fsp3) is 0.0476. The Kier molecular flexibility index (Phi) is 6.61. The molecule has 0 unspecified atom stereocenters. The molecule has 0 saturated heterocycles. The summed E-state index contributed by atoms with van der Waals surface area (Å²) in [6.45, 7) is 0. The molecule has 9 heteroatoms. The molecule has 150 valence electrons. The molecule has 0 aliphatic carbocycles. The zero-order chi connectivity index (χ0) is 20.9. The molecule has 2 aromatic heterocycles. The summed E-state index contributed by atoms with van der Waals surface area (Å²) in [6.07, 6.45) is 3.43. The second-order valence-corrected chi connectivity index (χ2v) is 8.88. The quantitative estimate of drug-likeness (QED) is 0.320. The first kappa shape index (κ1) is 20.8. The maximum atomic E-state index is 12.5. The SMILES string of the molecule is O=C(CSc1nnc(-c2ccncc2)n1-c1ccc(Br)cc1)Nc1ccccc1Br. The molecular formula is C21H15Br2N5OS. The monoisotopic (exact) mass is 543 g/mol. The summed E-state index contributed by atoms with van der Waals surface area (Å²) >= 11 is 8.24. The van der Waals surface area contributed by atoms with E-state index in [-0.39, 0.29) is 11.7 Å². The van der Waals surface area contributed by atoms with E-state index in [1.165, 1.54) is 11.8 Å². The average molecular weight is 545 g/mol. The molecule has 0 bridgehead atoms. The van der Waals surface area contributed by atoms with Crippen LogP contribution in [0, 0.1) is 0 Å². The number of para-hydroxylation sites is 1. The number of pyridine rings is 1. The molecule has 0 atom stereocenters. The summed E-state index contributed by atoms with van der Waals surface area (Å²) in [7, 11) is 0. The number of aromatic nitrogens is 4. The number of carbonyl (C=O) groups excluding carboxylic acids is 1. The van der Waals surface area contributed by atoms with Gasteiger partial charge in [0.2, 0.25) is 5.91 Å². The lowest BCUT2D eigenvalue weighted by molar-refractivity contribution is -0.113. The van der Waals surface area contributed by atoms with Crippen molar-refractivity contribution in [1.29, 1.82) is 0 Å². The molecule has 0 aliphatic heterocycles. The Hall–Kier alpha value is -2.49. The minimum atomic E-state index is -0.122. The van der Waals surface area contributed by atoms with Gasteiger partial charge in [0.15, 0.2) is 11.0 Å². The molecule has 2 heterocycles. The van der Waals surface area contributed by atoms with Crippen LogP contribution < -0.4 is 5.32 Å². The first-order valence-corrected chi connectivity index (χ1v) is 11.5. The zero-order valence-corrected chi connectivity index (χ0v) is 19.5. The molecule has 0 radical (unpaired) electrons. The first-order valence-electron chi connectivity index (χ1n) is 8.91. The standard InChI is InChI=1S/C21H15Br2N5OS/c22-15-5-7-16(8-6-15)28-20(14-9-11-24-12-10-14)26-27-21(28)30-13-19(29)25-18-4-2-1-3-17(18)23/h1-12H,13H2,(H,25,29). The van der Waals surface area contributed by atoms with Crippen molar-refractivity contribution in [2.75, 3.05) is 11.1 Å². The maximum absolute atomic E-state index is 12.5. The number of nitrogens with zero attached hydrogens (tertiary/aromatic N) is 4. The molecule has 1 N–H and O–H groups in total. The number of anilines is 1. The van der Waals surface area contributed by atoms with Gasteiger partial charge in [0.25, 0.3) is 0 Å². The van der Waals surface area contributed by atoms with Crippen molar-refractivity contribution in [2.45, 2.75) is 5.16 Å². The van der Waals surface area contributed by atoms with Gasteiger partial charge in [-0.2, -0.15) is 0 Å². The van der Waals surface area contributed by atoms with Gasteiger partial charge >= 0.3 is 0 Å². The molecule has 6 nitrogen and oxygen atoms in total. The number of carbonyl (C=O) groups is 1. The van der Waals surface area contributed by atoms with Crippen molar-refractivity contribution >= 4 is 55.2 Å². The van der Waals surface area contributed by atoms with Crippen molar-refractivity contribution in [3.05, 3.63) is 82.0 Å². The Bertz CT molecular complexity index is 1170. The van der Waals surface area contributed by atoms with Crippen LogP contribution in [0.2, 0.25) is 0 Å². The van der Waals surface area contributed by atoms with Crippen molar-refractivity contribution in [3.8, 4) is 17.1 Å². The van der Waals surface area contributed by atoms with Crippen molar-refractivity contribution in [1.82, 2.24) is 19.7 Å². The van der Waals surface area contributed by atoms with Gasteiger partial charge in [-0.3, -0.25) is 14.3 Å². The van der Waals surface area contributed by atoms with Gasteiger partial charge in [-0.1, -0.05) is 39.8 Å². The Morgan fingerprint density at radius 3 is 2.43 bits per heavy atom. The highest BCUT2D eigenvalue weighted by Crippen LogP contribution is 2.29. The minimum Gasteiger partial charge on any atom is -0.324 e. The Balaban J connectivity index is 1.60. The lowest BCUT2D eigenvalue weighted by Crippen LogP contribution is -2.15. The molecule has 0 spiro atoms. The number of amides is 1.